The number of nitrogen functional groups attached to an aromatic ring is 1. The van der Waals surface area contributed by atoms with Crippen molar-refractivity contribution in [3.05, 3.63) is 18.2 Å². The molecule has 1 spiro atoms. The van der Waals surface area contributed by atoms with E-state index in [9.17, 15) is 14.4 Å². The molecular formula is C17H23ClN4O4. The second-order valence-corrected chi connectivity index (χ2v) is 6.47. The van der Waals surface area contributed by atoms with E-state index in [0.717, 1.165) is 24.2 Å². The Morgan fingerprint density at radius 3 is 2.62 bits per heavy atom. The van der Waals surface area contributed by atoms with E-state index >= 15 is 0 Å². The van der Waals surface area contributed by atoms with E-state index in [1.165, 1.54) is 7.11 Å². The fraction of sp³-hybridized carbons (Fsp3) is 0.471. The maximum Gasteiger partial charge on any atom is 0.325 e. The van der Waals surface area contributed by atoms with Gasteiger partial charge < -0.3 is 21.1 Å². The molecule has 2 fully saturated rings. The maximum absolute atomic E-state index is 12.6. The quantitative estimate of drug-likeness (QED) is 0.543. The van der Waals surface area contributed by atoms with Crippen molar-refractivity contribution < 1.29 is 19.1 Å². The molecule has 1 aromatic carbocycles. The van der Waals surface area contributed by atoms with Crippen LogP contribution < -0.4 is 21.1 Å². The van der Waals surface area contributed by atoms with Crippen LogP contribution in [0.3, 0.4) is 0 Å². The molecule has 1 saturated carbocycles. The minimum atomic E-state index is -0.819. The summed E-state index contributed by atoms with van der Waals surface area (Å²) in [7, 11) is 1.50. The van der Waals surface area contributed by atoms with Gasteiger partial charge in [0.2, 0.25) is 5.91 Å². The number of halogens is 1. The van der Waals surface area contributed by atoms with Crippen molar-refractivity contribution >= 4 is 41.6 Å². The summed E-state index contributed by atoms with van der Waals surface area (Å²) in [4.78, 5) is 38.0. The highest BCUT2D eigenvalue weighted by atomic mass is 35.5. The van der Waals surface area contributed by atoms with Crippen molar-refractivity contribution in [2.75, 3.05) is 24.7 Å². The summed E-state index contributed by atoms with van der Waals surface area (Å²) in [6, 6.07) is 4.33. The number of urea groups is 1. The monoisotopic (exact) mass is 382 g/mol. The topological polar surface area (TPSA) is 114 Å². The Morgan fingerprint density at radius 2 is 2.00 bits per heavy atom. The van der Waals surface area contributed by atoms with Crippen LogP contribution in [0.15, 0.2) is 18.2 Å². The van der Waals surface area contributed by atoms with Crippen LogP contribution in [0.25, 0.3) is 0 Å². The number of amides is 4. The summed E-state index contributed by atoms with van der Waals surface area (Å²) in [6.45, 7) is -0.321. The van der Waals surface area contributed by atoms with Crippen molar-refractivity contribution in [1.82, 2.24) is 10.2 Å². The van der Waals surface area contributed by atoms with Gasteiger partial charge in [-0.05, 0) is 31.0 Å². The number of nitrogens with one attached hydrogen (secondary N) is 2. The number of imide groups is 1. The SMILES string of the molecule is COc1ccc(NC(=O)CN2C(=O)NC3(CCCCC3)C2=O)cc1N.Cl. The molecule has 1 heterocycles. The Kier molecular flexibility index (Phi) is 5.97. The molecule has 0 radical (unpaired) electrons. The molecule has 9 heteroatoms. The van der Waals surface area contributed by atoms with Gasteiger partial charge in [-0.3, -0.25) is 14.5 Å². The van der Waals surface area contributed by atoms with Crippen LogP contribution in [0.5, 0.6) is 5.75 Å². The van der Waals surface area contributed by atoms with Gasteiger partial charge in [-0.15, -0.1) is 12.4 Å². The second kappa shape index (κ2) is 7.82. The number of hydrogen-bond donors (Lipinski definition) is 3. The summed E-state index contributed by atoms with van der Waals surface area (Å²) in [5.74, 6) is -0.256. The van der Waals surface area contributed by atoms with E-state index in [-0.39, 0.29) is 24.9 Å². The second-order valence-electron chi connectivity index (χ2n) is 6.47. The number of methoxy groups -OCH3 is 1. The zero-order valence-corrected chi connectivity index (χ0v) is 15.4. The zero-order chi connectivity index (χ0) is 18.0. The van der Waals surface area contributed by atoms with Crippen molar-refractivity contribution in [2.24, 2.45) is 0 Å². The Morgan fingerprint density at radius 1 is 1.31 bits per heavy atom. The number of rotatable bonds is 4. The Balaban J connectivity index is 0.00000243. The van der Waals surface area contributed by atoms with Crippen LogP contribution in [0.1, 0.15) is 32.1 Å². The van der Waals surface area contributed by atoms with Crippen LogP contribution in [0, 0.1) is 0 Å². The highest BCUT2D eigenvalue weighted by Crippen LogP contribution is 2.33. The lowest BCUT2D eigenvalue weighted by atomic mass is 9.82. The van der Waals surface area contributed by atoms with Gasteiger partial charge in [0.1, 0.15) is 17.8 Å². The Bertz CT molecular complexity index is 719. The fourth-order valence-corrected chi connectivity index (χ4v) is 3.47. The van der Waals surface area contributed by atoms with E-state index in [2.05, 4.69) is 10.6 Å². The average Bonchev–Trinajstić information content (AvgIpc) is 2.80. The summed E-state index contributed by atoms with van der Waals surface area (Å²) < 4.78 is 5.06. The third-order valence-corrected chi connectivity index (χ3v) is 4.77. The van der Waals surface area contributed by atoms with Gasteiger partial charge in [-0.1, -0.05) is 19.3 Å². The summed E-state index contributed by atoms with van der Waals surface area (Å²) in [6.07, 6.45) is 4.12. The van der Waals surface area contributed by atoms with Crippen LogP contribution in [0.2, 0.25) is 0 Å². The van der Waals surface area contributed by atoms with E-state index in [1.807, 2.05) is 0 Å². The molecule has 8 nitrogen and oxygen atoms in total. The number of anilines is 2. The van der Waals surface area contributed by atoms with Crippen molar-refractivity contribution in [2.45, 2.75) is 37.6 Å². The van der Waals surface area contributed by atoms with Gasteiger partial charge in [-0.2, -0.15) is 0 Å². The molecule has 0 unspecified atom stereocenters. The number of nitrogens with zero attached hydrogens (tertiary/aromatic N) is 1. The molecule has 0 aromatic heterocycles. The van der Waals surface area contributed by atoms with E-state index < -0.39 is 17.5 Å². The van der Waals surface area contributed by atoms with Crippen molar-refractivity contribution in [3.8, 4) is 5.75 Å². The molecule has 3 rings (SSSR count). The highest BCUT2D eigenvalue weighted by molar-refractivity contribution is 6.10. The van der Waals surface area contributed by atoms with Crippen LogP contribution in [-0.2, 0) is 9.59 Å². The Labute approximate surface area is 157 Å². The number of ether oxygens (including phenoxy) is 1. The molecule has 142 valence electrons. The van der Waals surface area contributed by atoms with Gasteiger partial charge in [-0.25, -0.2) is 4.79 Å². The number of carbonyl (C=O) groups excluding carboxylic acids is 3. The van der Waals surface area contributed by atoms with E-state index in [4.69, 9.17) is 10.5 Å². The molecule has 4 N–H and O–H groups in total. The summed E-state index contributed by atoms with van der Waals surface area (Å²) in [5.41, 5.74) is 5.84. The molecule has 1 aliphatic heterocycles. The van der Waals surface area contributed by atoms with Crippen molar-refractivity contribution in [3.63, 3.8) is 0 Å². The molecule has 0 bridgehead atoms. The van der Waals surface area contributed by atoms with Gasteiger partial charge in [0.25, 0.3) is 5.91 Å². The van der Waals surface area contributed by atoms with Crippen molar-refractivity contribution in [1.29, 1.82) is 0 Å². The van der Waals surface area contributed by atoms with Crippen LogP contribution in [-0.4, -0.2) is 41.9 Å². The standard InChI is InChI=1S/C17H22N4O4.ClH/c1-25-13-6-5-11(9-12(13)18)19-14(22)10-21-15(23)17(20-16(21)24)7-3-2-4-8-17;/h5-6,9H,2-4,7-8,10,18H2,1H3,(H,19,22)(H,20,24);1H. The van der Waals surface area contributed by atoms with Gasteiger partial charge in [0, 0.05) is 5.69 Å². The van der Waals surface area contributed by atoms with Gasteiger partial charge in [0.05, 0.1) is 12.8 Å². The summed E-state index contributed by atoms with van der Waals surface area (Å²) in [5, 5.41) is 5.43. The van der Waals surface area contributed by atoms with Crippen LogP contribution >= 0.6 is 12.4 Å². The minimum Gasteiger partial charge on any atom is -0.495 e. The number of benzene rings is 1. The first-order chi connectivity index (χ1) is 11.9. The van der Waals surface area contributed by atoms with E-state index in [0.29, 0.717) is 30.0 Å². The average molecular weight is 383 g/mol. The smallest absolute Gasteiger partial charge is 0.325 e. The minimum absolute atomic E-state index is 0. The highest BCUT2D eigenvalue weighted by Gasteiger charge is 2.51. The van der Waals surface area contributed by atoms with Gasteiger partial charge in [0.15, 0.2) is 0 Å². The predicted molar refractivity (Wildman–Crippen MR) is 99.3 cm³/mol. The molecule has 2 aliphatic rings. The van der Waals surface area contributed by atoms with E-state index in [1.54, 1.807) is 18.2 Å². The molecule has 1 aliphatic carbocycles. The summed E-state index contributed by atoms with van der Waals surface area (Å²) >= 11 is 0. The first kappa shape index (κ1) is 19.8. The van der Waals surface area contributed by atoms with Gasteiger partial charge >= 0.3 is 6.03 Å². The third-order valence-electron chi connectivity index (χ3n) is 4.77. The number of nitrogens with two attached hydrogens (primary N) is 1. The molecule has 4 amide bonds. The molecular weight excluding hydrogens is 360 g/mol. The fourth-order valence-electron chi connectivity index (χ4n) is 3.47. The molecule has 1 aromatic rings. The normalized spacial score (nSPS) is 18.3. The predicted octanol–water partition coefficient (Wildman–Crippen LogP) is 1.89. The third kappa shape index (κ3) is 3.70. The largest absolute Gasteiger partial charge is 0.495 e. The lowest BCUT2D eigenvalue weighted by Gasteiger charge is -2.30. The zero-order valence-electron chi connectivity index (χ0n) is 14.5. The lowest BCUT2D eigenvalue weighted by Crippen LogP contribution is -2.48. The number of carbonyl (C=O) groups is 3. The number of hydrogen-bond acceptors (Lipinski definition) is 5. The molecule has 1 saturated heterocycles. The maximum atomic E-state index is 12.6. The van der Waals surface area contributed by atoms with Crippen LogP contribution in [0.4, 0.5) is 16.2 Å². The molecule has 26 heavy (non-hydrogen) atoms. The molecule has 0 atom stereocenters. The first-order valence-corrected chi connectivity index (χ1v) is 8.33. The first-order valence-electron chi connectivity index (χ1n) is 8.33. The lowest BCUT2D eigenvalue weighted by molar-refractivity contribution is -0.134. The Hall–Kier alpha value is -2.48.